The Bertz CT molecular complexity index is 701. The number of rotatable bonds is 5. The second-order valence-corrected chi connectivity index (χ2v) is 6.81. The largest absolute Gasteiger partial charge is 0.389 e. The van der Waals surface area contributed by atoms with E-state index in [1.807, 2.05) is 0 Å². The predicted octanol–water partition coefficient (Wildman–Crippen LogP) is 3.85. The smallest absolute Gasteiger partial charge is 0.104 e. The fourth-order valence-electron chi connectivity index (χ4n) is 3.16. The molecule has 2 fully saturated rings. The van der Waals surface area contributed by atoms with Gasteiger partial charge in [0.05, 0.1) is 0 Å². The molecule has 4 rings (SSSR count). The van der Waals surface area contributed by atoms with Crippen LogP contribution in [0.25, 0.3) is 10.8 Å². The number of nitrogens with zero attached hydrogens (tertiary/aromatic N) is 1. The zero-order chi connectivity index (χ0) is 14.4. The van der Waals surface area contributed by atoms with E-state index in [-0.39, 0.29) is 0 Å². The molecule has 2 aliphatic rings. The zero-order valence-electron chi connectivity index (χ0n) is 12.1. The standard InChI is InChI=1S/C18H20N2S/c19-18(21)16-9-10-17(15-4-2-1-3-14(15)16)20(13-7-8-13)11-12-5-6-12/h1-4,9-10,12-13H,5-8,11H2,(H2,19,21). The lowest BCUT2D eigenvalue weighted by Crippen LogP contribution is -2.28. The van der Waals surface area contributed by atoms with E-state index in [1.165, 1.54) is 48.7 Å². The summed E-state index contributed by atoms with van der Waals surface area (Å²) in [6, 6.07) is 13.6. The Hall–Kier alpha value is -1.61. The Morgan fingerprint density at radius 3 is 2.38 bits per heavy atom. The van der Waals surface area contributed by atoms with Crippen molar-refractivity contribution < 1.29 is 0 Å². The molecule has 0 atom stereocenters. The molecule has 3 heteroatoms. The summed E-state index contributed by atoms with van der Waals surface area (Å²) < 4.78 is 0. The van der Waals surface area contributed by atoms with Gasteiger partial charge < -0.3 is 10.6 Å². The number of fused-ring (bicyclic) bond motifs is 1. The van der Waals surface area contributed by atoms with Crippen LogP contribution in [0, 0.1) is 5.92 Å². The summed E-state index contributed by atoms with van der Waals surface area (Å²) in [5, 5.41) is 2.47. The van der Waals surface area contributed by atoms with Crippen LogP contribution in [0.2, 0.25) is 0 Å². The topological polar surface area (TPSA) is 29.3 Å². The highest BCUT2D eigenvalue weighted by Crippen LogP contribution is 2.40. The van der Waals surface area contributed by atoms with Crippen LogP contribution in [0.3, 0.4) is 0 Å². The molecular formula is C18H20N2S. The van der Waals surface area contributed by atoms with Crippen molar-refractivity contribution in [2.45, 2.75) is 31.7 Å². The molecule has 0 bridgehead atoms. The van der Waals surface area contributed by atoms with Crippen molar-refractivity contribution in [2.24, 2.45) is 11.7 Å². The van der Waals surface area contributed by atoms with E-state index in [9.17, 15) is 0 Å². The van der Waals surface area contributed by atoms with Crippen molar-refractivity contribution in [2.75, 3.05) is 11.4 Å². The summed E-state index contributed by atoms with van der Waals surface area (Å²) in [5.74, 6) is 0.902. The highest BCUT2D eigenvalue weighted by Gasteiger charge is 2.34. The van der Waals surface area contributed by atoms with E-state index in [4.69, 9.17) is 18.0 Å². The van der Waals surface area contributed by atoms with Gasteiger partial charge in [-0.3, -0.25) is 0 Å². The minimum Gasteiger partial charge on any atom is -0.389 e. The normalized spacial score (nSPS) is 17.9. The van der Waals surface area contributed by atoms with Crippen LogP contribution in [-0.4, -0.2) is 17.6 Å². The fraction of sp³-hybridized carbons (Fsp3) is 0.389. The van der Waals surface area contributed by atoms with Crippen LogP contribution in [0.5, 0.6) is 0 Å². The summed E-state index contributed by atoms with van der Waals surface area (Å²) in [5.41, 5.74) is 8.24. The molecule has 2 nitrogen and oxygen atoms in total. The van der Waals surface area contributed by atoms with Crippen LogP contribution in [0.4, 0.5) is 5.69 Å². The molecule has 2 aliphatic carbocycles. The Kier molecular flexibility index (Phi) is 3.11. The van der Waals surface area contributed by atoms with Crippen LogP contribution in [-0.2, 0) is 0 Å². The Morgan fingerprint density at radius 1 is 1.05 bits per heavy atom. The average molecular weight is 296 g/mol. The first-order valence-corrected chi connectivity index (χ1v) is 8.23. The lowest BCUT2D eigenvalue weighted by molar-refractivity contribution is 0.721. The Balaban J connectivity index is 1.83. The lowest BCUT2D eigenvalue weighted by atomic mass is 10.0. The quantitative estimate of drug-likeness (QED) is 0.850. The van der Waals surface area contributed by atoms with Crippen molar-refractivity contribution in [3.63, 3.8) is 0 Å². The molecule has 0 saturated heterocycles. The Labute approximate surface area is 130 Å². The van der Waals surface area contributed by atoms with Gasteiger partial charge in [-0.15, -0.1) is 0 Å². The second kappa shape index (κ2) is 4.99. The molecule has 108 valence electrons. The van der Waals surface area contributed by atoms with Crippen LogP contribution in [0.1, 0.15) is 31.2 Å². The maximum atomic E-state index is 5.89. The third-order valence-electron chi connectivity index (χ3n) is 4.62. The van der Waals surface area contributed by atoms with Crippen molar-refractivity contribution in [1.82, 2.24) is 0 Å². The van der Waals surface area contributed by atoms with Crippen LogP contribution >= 0.6 is 12.2 Å². The van der Waals surface area contributed by atoms with Crippen molar-refractivity contribution >= 4 is 33.7 Å². The molecule has 2 saturated carbocycles. The number of anilines is 1. The summed E-state index contributed by atoms with van der Waals surface area (Å²) in [4.78, 5) is 3.11. The van der Waals surface area contributed by atoms with Gasteiger partial charge in [0.1, 0.15) is 4.99 Å². The Morgan fingerprint density at radius 2 is 1.76 bits per heavy atom. The molecule has 0 heterocycles. The molecule has 0 aromatic heterocycles. The third kappa shape index (κ3) is 2.51. The zero-order valence-corrected chi connectivity index (χ0v) is 12.9. The third-order valence-corrected chi connectivity index (χ3v) is 4.84. The highest BCUT2D eigenvalue weighted by molar-refractivity contribution is 7.80. The maximum Gasteiger partial charge on any atom is 0.104 e. The van der Waals surface area contributed by atoms with Crippen molar-refractivity contribution in [3.8, 4) is 0 Å². The number of benzene rings is 2. The number of nitrogens with two attached hydrogens (primary N) is 1. The van der Waals surface area contributed by atoms with E-state index in [2.05, 4.69) is 41.3 Å². The minimum atomic E-state index is 0.484. The predicted molar refractivity (Wildman–Crippen MR) is 92.9 cm³/mol. The molecule has 0 radical (unpaired) electrons. The molecule has 2 aromatic carbocycles. The molecule has 0 unspecified atom stereocenters. The van der Waals surface area contributed by atoms with E-state index in [0.717, 1.165) is 17.5 Å². The SMILES string of the molecule is NC(=S)c1ccc(N(CC2CC2)C2CC2)c2ccccc12. The van der Waals surface area contributed by atoms with Crippen LogP contribution < -0.4 is 10.6 Å². The van der Waals surface area contributed by atoms with Gasteiger partial charge in [-0.2, -0.15) is 0 Å². The van der Waals surface area contributed by atoms with Gasteiger partial charge in [-0.25, -0.2) is 0 Å². The second-order valence-electron chi connectivity index (χ2n) is 6.37. The molecule has 21 heavy (non-hydrogen) atoms. The van der Waals surface area contributed by atoms with Gasteiger partial charge >= 0.3 is 0 Å². The van der Waals surface area contributed by atoms with Gasteiger partial charge in [0.25, 0.3) is 0 Å². The molecule has 0 aliphatic heterocycles. The van der Waals surface area contributed by atoms with E-state index in [1.54, 1.807) is 0 Å². The van der Waals surface area contributed by atoms with Gasteiger partial charge in [0.15, 0.2) is 0 Å². The average Bonchev–Trinajstić information content (AvgIpc) is 3.37. The summed E-state index contributed by atoms with van der Waals surface area (Å²) in [6.07, 6.45) is 5.45. The van der Waals surface area contributed by atoms with E-state index >= 15 is 0 Å². The first-order valence-electron chi connectivity index (χ1n) is 7.82. The number of thiocarbonyl (C=S) groups is 1. The highest BCUT2D eigenvalue weighted by atomic mass is 32.1. The van der Waals surface area contributed by atoms with Crippen LogP contribution in [0.15, 0.2) is 36.4 Å². The van der Waals surface area contributed by atoms with E-state index in [0.29, 0.717) is 4.99 Å². The van der Waals surface area contributed by atoms with E-state index < -0.39 is 0 Å². The molecule has 0 amide bonds. The van der Waals surface area contributed by atoms with Gasteiger partial charge in [0.2, 0.25) is 0 Å². The molecule has 0 spiro atoms. The lowest BCUT2D eigenvalue weighted by Gasteiger charge is -2.27. The van der Waals surface area contributed by atoms with Crippen molar-refractivity contribution in [1.29, 1.82) is 0 Å². The number of hydrogen-bond donors (Lipinski definition) is 1. The van der Waals surface area contributed by atoms with Crippen molar-refractivity contribution in [3.05, 3.63) is 42.0 Å². The summed E-state index contributed by atoms with van der Waals surface area (Å²) in [6.45, 7) is 1.21. The summed E-state index contributed by atoms with van der Waals surface area (Å²) in [7, 11) is 0. The first kappa shape index (κ1) is 13.1. The summed E-state index contributed by atoms with van der Waals surface area (Å²) >= 11 is 5.21. The monoisotopic (exact) mass is 296 g/mol. The van der Waals surface area contributed by atoms with Gasteiger partial charge in [-0.05, 0) is 49.1 Å². The fourth-order valence-corrected chi connectivity index (χ4v) is 3.34. The number of hydrogen-bond acceptors (Lipinski definition) is 2. The van der Waals surface area contributed by atoms with Gasteiger partial charge in [-0.1, -0.05) is 36.5 Å². The molecular weight excluding hydrogens is 276 g/mol. The molecule has 2 N–H and O–H groups in total. The minimum absolute atomic E-state index is 0.484. The van der Waals surface area contributed by atoms with Gasteiger partial charge in [0, 0.05) is 29.2 Å². The molecule has 2 aromatic rings. The first-order chi connectivity index (χ1) is 10.2. The maximum absolute atomic E-state index is 5.89.